The molecule has 6 heteroatoms. The van der Waals surface area contributed by atoms with Crippen molar-refractivity contribution in [3.05, 3.63) is 0 Å². The lowest BCUT2D eigenvalue weighted by molar-refractivity contribution is -0.300. The highest BCUT2D eigenvalue weighted by molar-refractivity contribution is 4.91. The highest BCUT2D eigenvalue weighted by Gasteiger charge is 2.46. The zero-order chi connectivity index (χ0) is 12.1. The molecule has 0 aliphatic carbocycles. The van der Waals surface area contributed by atoms with Crippen molar-refractivity contribution in [1.82, 2.24) is 0 Å². The minimum absolute atomic E-state index is 0.325. The van der Waals surface area contributed by atoms with Gasteiger partial charge in [0.2, 0.25) is 0 Å². The number of hydrogen-bond acceptors (Lipinski definition) is 6. The number of aliphatic hydroxyl groups is 1. The maximum absolute atomic E-state index is 9.74. The lowest BCUT2D eigenvalue weighted by Crippen LogP contribution is -2.60. The van der Waals surface area contributed by atoms with Crippen LogP contribution in [-0.4, -0.2) is 70.9 Å². The molecule has 0 aromatic carbocycles. The van der Waals surface area contributed by atoms with Crippen molar-refractivity contribution in [2.24, 2.45) is 0 Å². The molecule has 1 aliphatic rings. The van der Waals surface area contributed by atoms with Crippen molar-refractivity contribution in [3.8, 4) is 0 Å². The molecule has 16 heavy (non-hydrogen) atoms. The number of rotatable bonds is 5. The molecule has 0 saturated carbocycles. The predicted octanol–water partition coefficient (Wildman–Crippen LogP) is -0.605. The molecular formula is C10H20O6. The first-order valence-electron chi connectivity index (χ1n) is 5.10. The average Bonchev–Trinajstić information content (AvgIpc) is 2.28. The molecule has 6 nitrogen and oxygen atoms in total. The molecule has 0 radical (unpaired) electrons. The minimum Gasteiger partial charge on any atom is -0.382 e. The lowest BCUT2D eigenvalue weighted by atomic mass is 9.98. The van der Waals surface area contributed by atoms with Crippen LogP contribution >= 0.6 is 0 Å². The Hall–Kier alpha value is -0.240. The molecule has 1 N–H and O–H groups in total. The summed E-state index contributed by atoms with van der Waals surface area (Å²) in [7, 11) is 6.16. The maximum Gasteiger partial charge on any atom is 0.184 e. The predicted molar refractivity (Wildman–Crippen MR) is 55.1 cm³/mol. The summed E-state index contributed by atoms with van der Waals surface area (Å²) in [4.78, 5) is 0. The van der Waals surface area contributed by atoms with Gasteiger partial charge in [-0.25, -0.2) is 0 Å². The third-order valence-electron chi connectivity index (χ3n) is 2.76. The summed E-state index contributed by atoms with van der Waals surface area (Å²) < 4.78 is 26.1. The van der Waals surface area contributed by atoms with Gasteiger partial charge in [0.05, 0.1) is 6.61 Å². The third kappa shape index (κ3) is 2.71. The van der Waals surface area contributed by atoms with Crippen molar-refractivity contribution in [1.29, 1.82) is 0 Å². The van der Waals surface area contributed by atoms with E-state index in [1.807, 2.05) is 0 Å². The molecule has 1 aliphatic heterocycles. The van der Waals surface area contributed by atoms with Crippen LogP contribution in [0.25, 0.3) is 0 Å². The van der Waals surface area contributed by atoms with Crippen LogP contribution in [0.1, 0.15) is 0 Å². The van der Waals surface area contributed by atoms with Crippen LogP contribution in [0.2, 0.25) is 0 Å². The summed E-state index contributed by atoms with van der Waals surface area (Å²) in [6.45, 7) is 0.325. The number of methoxy groups -OCH3 is 4. The molecule has 0 aromatic heterocycles. The van der Waals surface area contributed by atoms with Gasteiger partial charge >= 0.3 is 0 Å². The molecule has 5 atom stereocenters. The fourth-order valence-electron chi connectivity index (χ4n) is 2.00. The molecule has 4 unspecified atom stereocenters. The molecule has 0 amide bonds. The Bertz CT molecular complexity index is 200. The van der Waals surface area contributed by atoms with E-state index in [1.54, 1.807) is 21.3 Å². The Labute approximate surface area is 95.4 Å². The van der Waals surface area contributed by atoms with Gasteiger partial charge in [0.15, 0.2) is 6.29 Å². The second kappa shape index (κ2) is 6.48. The van der Waals surface area contributed by atoms with E-state index < -0.39 is 12.4 Å². The van der Waals surface area contributed by atoms with E-state index >= 15 is 0 Å². The molecule has 1 saturated heterocycles. The number of ether oxygens (including phenoxy) is 5. The first-order valence-corrected chi connectivity index (χ1v) is 5.10. The minimum atomic E-state index is -1.04. The van der Waals surface area contributed by atoms with Gasteiger partial charge in [0, 0.05) is 28.4 Å². The Balaban J connectivity index is 2.78. The summed E-state index contributed by atoms with van der Waals surface area (Å²) in [5.41, 5.74) is 0. The van der Waals surface area contributed by atoms with E-state index in [2.05, 4.69) is 0 Å². The summed E-state index contributed by atoms with van der Waals surface area (Å²) in [5, 5.41) is 9.74. The Kier molecular flexibility index (Phi) is 5.60. The molecular weight excluding hydrogens is 216 g/mol. The van der Waals surface area contributed by atoms with Gasteiger partial charge in [-0.1, -0.05) is 0 Å². The van der Waals surface area contributed by atoms with Gasteiger partial charge in [-0.3, -0.25) is 0 Å². The van der Waals surface area contributed by atoms with Crippen LogP contribution < -0.4 is 0 Å². The van der Waals surface area contributed by atoms with E-state index in [9.17, 15) is 5.11 Å². The first kappa shape index (κ1) is 13.8. The van der Waals surface area contributed by atoms with Crippen molar-refractivity contribution >= 4 is 0 Å². The third-order valence-corrected chi connectivity index (χ3v) is 2.76. The van der Waals surface area contributed by atoms with Crippen LogP contribution in [0.15, 0.2) is 0 Å². The fourth-order valence-corrected chi connectivity index (χ4v) is 2.00. The average molecular weight is 236 g/mol. The molecule has 96 valence electrons. The summed E-state index contributed by atoms with van der Waals surface area (Å²) in [5.74, 6) is 0. The van der Waals surface area contributed by atoms with Gasteiger partial charge in [-0.15, -0.1) is 0 Å². The fraction of sp³-hybridized carbons (Fsp3) is 1.00. The van der Waals surface area contributed by atoms with Crippen LogP contribution in [0, 0.1) is 0 Å². The van der Waals surface area contributed by atoms with Gasteiger partial charge < -0.3 is 28.8 Å². The normalized spacial score (nSPS) is 39.9. The van der Waals surface area contributed by atoms with Crippen LogP contribution in [0.4, 0.5) is 0 Å². The van der Waals surface area contributed by atoms with E-state index in [0.29, 0.717) is 6.61 Å². The molecule has 0 aromatic rings. The summed E-state index contributed by atoms with van der Waals surface area (Å²) in [6.07, 6.45) is -2.71. The van der Waals surface area contributed by atoms with Crippen molar-refractivity contribution in [3.63, 3.8) is 0 Å². The van der Waals surface area contributed by atoms with Gasteiger partial charge in [-0.2, -0.15) is 0 Å². The van der Waals surface area contributed by atoms with E-state index in [0.717, 1.165) is 0 Å². The van der Waals surface area contributed by atoms with Crippen molar-refractivity contribution < 1.29 is 28.8 Å². The van der Waals surface area contributed by atoms with E-state index in [-0.39, 0.29) is 18.3 Å². The summed E-state index contributed by atoms with van der Waals surface area (Å²) >= 11 is 0. The SMILES string of the molecule is COCC1OC(O)C(OC)C(OC)[C@@H]1OC. The standard InChI is InChI=1S/C10H20O6/c1-12-5-6-7(13-2)8(14-3)9(15-4)10(11)16-6/h6-11H,5H2,1-4H3/t6?,7-,8?,9?,10?/m1/s1. The monoisotopic (exact) mass is 236 g/mol. The number of aliphatic hydroxyl groups excluding tert-OH is 1. The van der Waals surface area contributed by atoms with E-state index in [4.69, 9.17) is 23.7 Å². The second-order valence-electron chi connectivity index (χ2n) is 3.62. The Morgan fingerprint density at radius 1 is 0.938 bits per heavy atom. The van der Waals surface area contributed by atoms with Gasteiger partial charge in [0.1, 0.15) is 24.4 Å². The Morgan fingerprint density at radius 2 is 1.50 bits per heavy atom. The smallest absolute Gasteiger partial charge is 0.184 e. The van der Waals surface area contributed by atoms with Gasteiger partial charge in [0.25, 0.3) is 0 Å². The van der Waals surface area contributed by atoms with Crippen LogP contribution in [0.5, 0.6) is 0 Å². The van der Waals surface area contributed by atoms with Gasteiger partial charge in [-0.05, 0) is 0 Å². The van der Waals surface area contributed by atoms with Crippen molar-refractivity contribution in [2.45, 2.75) is 30.7 Å². The van der Waals surface area contributed by atoms with E-state index in [1.165, 1.54) is 7.11 Å². The maximum atomic E-state index is 9.74. The summed E-state index contributed by atoms with van der Waals surface area (Å²) in [6, 6.07) is 0. The molecule has 0 spiro atoms. The quantitative estimate of drug-likeness (QED) is 0.687. The zero-order valence-corrected chi connectivity index (χ0v) is 10.1. The highest BCUT2D eigenvalue weighted by Crippen LogP contribution is 2.25. The zero-order valence-electron chi connectivity index (χ0n) is 10.1. The first-order chi connectivity index (χ1) is 7.69. The second-order valence-corrected chi connectivity index (χ2v) is 3.62. The lowest BCUT2D eigenvalue weighted by Gasteiger charge is -2.42. The molecule has 0 bridgehead atoms. The molecule has 1 heterocycles. The molecule has 1 rings (SSSR count). The van der Waals surface area contributed by atoms with Crippen molar-refractivity contribution in [2.75, 3.05) is 35.0 Å². The van der Waals surface area contributed by atoms with Crippen LogP contribution in [-0.2, 0) is 23.7 Å². The van der Waals surface area contributed by atoms with Crippen LogP contribution in [0.3, 0.4) is 0 Å². The Morgan fingerprint density at radius 3 is 1.94 bits per heavy atom. The topological polar surface area (TPSA) is 66.4 Å². The number of hydrogen-bond donors (Lipinski definition) is 1. The highest BCUT2D eigenvalue weighted by atomic mass is 16.7. The largest absolute Gasteiger partial charge is 0.382 e. The molecule has 1 fully saturated rings.